The lowest BCUT2D eigenvalue weighted by molar-refractivity contribution is -0.137. The molecule has 0 aromatic carbocycles. The van der Waals surface area contributed by atoms with Crippen molar-refractivity contribution in [1.82, 2.24) is 20.4 Å². The predicted octanol–water partition coefficient (Wildman–Crippen LogP) is 2.45. The number of nitrogens with zero attached hydrogens (tertiary/aromatic N) is 3. The highest BCUT2D eigenvalue weighted by atomic mass is 16.2. The SMILES string of the molecule is CN=C(NCCN1CCN(C(=O)C2CCCC2)CC1)NC1CCC(C)(C)CC1. The van der Waals surface area contributed by atoms with E-state index >= 15 is 0 Å². The largest absolute Gasteiger partial charge is 0.355 e. The second-order valence-electron chi connectivity index (χ2n) is 9.73. The van der Waals surface area contributed by atoms with Crippen LogP contribution in [0.15, 0.2) is 4.99 Å². The van der Waals surface area contributed by atoms with Gasteiger partial charge in [0.05, 0.1) is 0 Å². The van der Waals surface area contributed by atoms with Crippen LogP contribution in [-0.2, 0) is 4.79 Å². The standard InChI is InChI=1S/C22H41N5O/c1-22(2)10-8-19(9-11-22)25-21(23-3)24-12-13-26-14-16-27(17-15-26)20(28)18-6-4-5-7-18/h18-19H,4-17H2,1-3H3,(H2,23,24,25). The number of piperazine rings is 1. The molecular formula is C22H41N5O. The molecule has 1 heterocycles. The van der Waals surface area contributed by atoms with Crippen LogP contribution in [-0.4, -0.2) is 74.0 Å². The Balaban J connectivity index is 1.31. The van der Waals surface area contributed by atoms with Gasteiger partial charge in [0.25, 0.3) is 0 Å². The summed E-state index contributed by atoms with van der Waals surface area (Å²) < 4.78 is 0. The van der Waals surface area contributed by atoms with Gasteiger partial charge in [0.15, 0.2) is 5.96 Å². The first kappa shape index (κ1) is 21.4. The molecule has 28 heavy (non-hydrogen) atoms. The van der Waals surface area contributed by atoms with E-state index in [1.54, 1.807) is 0 Å². The Bertz CT molecular complexity index is 523. The number of nitrogens with one attached hydrogen (secondary N) is 2. The molecule has 6 heteroatoms. The van der Waals surface area contributed by atoms with E-state index in [0.29, 0.717) is 23.3 Å². The first-order valence-corrected chi connectivity index (χ1v) is 11.5. The Kier molecular flexibility index (Phi) is 7.61. The summed E-state index contributed by atoms with van der Waals surface area (Å²) in [4.78, 5) is 21.5. The Morgan fingerprint density at radius 2 is 1.68 bits per heavy atom. The number of rotatable bonds is 5. The number of carbonyl (C=O) groups excluding carboxylic acids is 1. The van der Waals surface area contributed by atoms with Crippen molar-refractivity contribution in [2.45, 2.75) is 71.3 Å². The van der Waals surface area contributed by atoms with E-state index in [2.05, 4.69) is 39.3 Å². The summed E-state index contributed by atoms with van der Waals surface area (Å²) in [5.74, 6) is 1.66. The minimum absolute atomic E-state index is 0.313. The topological polar surface area (TPSA) is 60.0 Å². The smallest absolute Gasteiger partial charge is 0.225 e. The molecule has 2 aliphatic carbocycles. The maximum Gasteiger partial charge on any atom is 0.225 e. The fourth-order valence-electron chi connectivity index (χ4n) is 4.89. The molecule has 0 aromatic heterocycles. The molecule has 2 saturated carbocycles. The first-order chi connectivity index (χ1) is 13.5. The molecule has 2 N–H and O–H groups in total. The summed E-state index contributed by atoms with van der Waals surface area (Å²) in [6.07, 6.45) is 9.69. The van der Waals surface area contributed by atoms with Crippen LogP contribution in [0.5, 0.6) is 0 Å². The van der Waals surface area contributed by atoms with Crippen molar-refractivity contribution in [2.24, 2.45) is 16.3 Å². The average molecular weight is 392 g/mol. The quantitative estimate of drug-likeness (QED) is 0.558. The monoisotopic (exact) mass is 391 g/mol. The zero-order valence-corrected chi connectivity index (χ0v) is 18.3. The molecule has 6 nitrogen and oxygen atoms in total. The van der Waals surface area contributed by atoms with Crippen molar-refractivity contribution >= 4 is 11.9 Å². The summed E-state index contributed by atoms with van der Waals surface area (Å²) in [6.45, 7) is 10.4. The molecule has 3 fully saturated rings. The highest BCUT2D eigenvalue weighted by Gasteiger charge is 2.29. The summed E-state index contributed by atoms with van der Waals surface area (Å²) in [6, 6.07) is 0.546. The lowest BCUT2D eigenvalue weighted by atomic mass is 9.75. The van der Waals surface area contributed by atoms with Gasteiger partial charge in [-0.15, -0.1) is 0 Å². The van der Waals surface area contributed by atoms with Crippen LogP contribution in [0.4, 0.5) is 0 Å². The van der Waals surface area contributed by atoms with Crippen molar-refractivity contribution in [1.29, 1.82) is 0 Å². The van der Waals surface area contributed by atoms with E-state index in [9.17, 15) is 4.79 Å². The maximum absolute atomic E-state index is 12.5. The Morgan fingerprint density at radius 1 is 1.04 bits per heavy atom. The minimum atomic E-state index is 0.313. The van der Waals surface area contributed by atoms with E-state index in [-0.39, 0.29) is 0 Å². The third kappa shape index (κ3) is 6.10. The van der Waals surface area contributed by atoms with Crippen molar-refractivity contribution in [3.63, 3.8) is 0 Å². The van der Waals surface area contributed by atoms with E-state index in [0.717, 1.165) is 58.1 Å². The maximum atomic E-state index is 12.5. The zero-order valence-electron chi connectivity index (χ0n) is 18.3. The van der Waals surface area contributed by atoms with Gasteiger partial charge >= 0.3 is 0 Å². The molecule has 1 aliphatic heterocycles. The Hall–Kier alpha value is -1.30. The molecule has 3 rings (SSSR count). The minimum Gasteiger partial charge on any atom is -0.355 e. The number of aliphatic imine (C=N–C) groups is 1. The first-order valence-electron chi connectivity index (χ1n) is 11.5. The van der Waals surface area contributed by atoms with Gasteiger partial charge in [0, 0.05) is 58.3 Å². The summed E-state index contributed by atoms with van der Waals surface area (Å²) in [7, 11) is 1.86. The van der Waals surface area contributed by atoms with Gasteiger partial charge in [-0.25, -0.2) is 0 Å². The average Bonchev–Trinajstić information content (AvgIpc) is 3.23. The van der Waals surface area contributed by atoms with Crippen molar-refractivity contribution in [3.8, 4) is 0 Å². The number of hydrogen-bond donors (Lipinski definition) is 2. The number of guanidine groups is 1. The van der Waals surface area contributed by atoms with Crippen molar-refractivity contribution in [2.75, 3.05) is 46.3 Å². The molecule has 160 valence electrons. The Morgan fingerprint density at radius 3 is 2.29 bits per heavy atom. The number of hydrogen-bond acceptors (Lipinski definition) is 3. The van der Waals surface area contributed by atoms with Crippen LogP contribution in [0.25, 0.3) is 0 Å². The van der Waals surface area contributed by atoms with Crippen LogP contribution in [0.1, 0.15) is 65.2 Å². The molecule has 0 aromatic rings. The van der Waals surface area contributed by atoms with Gasteiger partial charge in [-0.05, 0) is 43.9 Å². The van der Waals surface area contributed by atoms with Crippen molar-refractivity contribution in [3.05, 3.63) is 0 Å². The van der Waals surface area contributed by atoms with Gasteiger partial charge in [-0.2, -0.15) is 0 Å². The van der Waals surface area contributed by atoms with E-state index < -0.39 is 0 Å². The van der Waals surface area contributed by atoms with Gasteiger partial charge in [0.2, 0.25) is 5.91 Å². The highest BCUT2D eigenvalue weighted by molar-refractivity contribution is 5.80. The highest BCUT2D eigenvalue weighted by Crippen LogP contribution is 2.34. The number of carbonyl (C=O) groups is 1. The lowest BCUT2D eigenvalue weighted by Gasteiger charge is -2.36. The molecular weight excluding hydrogens is 350 g/mol. The summed E-state index contributed by atoms with van der Waals surface area (Å²) in [5.41, 5.74) is 0.496. The molecule has 0 unspecified atom stereocenters. The Labute approximate surface area is 171 Å². The lowest BCUT2D eigenvalue weighted by Crippen LogP contribution is -2.52. The van der Waals surface area contributed by atoms with Gasteiger partial charge < -0.3 is 15.5 Å². The molecule has 1 amide bonds. The van der Waals surface area contributed by atoms with E-state index in [4.69, 9.17) is 0 Å². The molecule has 0 radical (unpaired) electrons. The van der Waals surface area contributed by atoms with Crippen LogP contribution in [0, 0.1) is 11.3 Å². The number of amides is 1. The van der Waals surface area contributed by atoms with Crippen LogP contribution in [0.2, 0.25) is 0 Å². The fraction of sp³-hybridized carbons (Fsp3) is 0.909. The third-order valence-electron chi connectivity index (χ3n) is 7.01. The van der Waals surface area contributed by atoms with Crippen molar-refractivity contribution < 1.29 is 4.79 Å². The fourth-order valence-corrected chi connectivity index (χ4v) is 4.89. The van der Waals surface area contributed by atoms with Gasteiger partial charge in [-0.3, -0.25) is 14.7 Å². The molecule has 0 bridgehead atoms. The summed E-state index contributed by atoms with van der Waals surface area (Å²) in [5, 5.41) is 7.08. The molecule has 0 atom stereocenters. The second-order valence-corrected chi connectivity index (χ2v) is 9.73. The zero-order chi connectivity index (χ0) is 20.0. The summed E-state index contributed by atoms with van der Waals surface area (Å²) >= 11 is 0. The van der Waals surface area contributed by atoms with Crippen LogP contribution < -0.4 is 10.6 Å². The van der Waals surface area contributed by atoms with E-state index in [1.807, 2.05) is 7.05 Å². The van der Waals surface area contributed by atoms with Gasteiger partial charge in [-0.1, -0.05) is 26.7 Å². The van der Waals surface area contributed by atoms with Crippen LogP contribution in [0.3, 0.4) is 0 Å². The third-order valence-corrected chi connectivity index (χ3v) is 7.01. The normalized spacial score (nSPS) is 25.1. The van der Waals surface area contributed by atoms with Gasteiger partial charge in [0.1, 0.15) is 0 Å². The van der Waals surface area contributed by atoms with Crippen LogP contribution >= 0.6 is 0 Å². The second kappa shape index (κ2) is 9.95. The van der Waals surface area contributed by atoms with E-state index in [1.165, 1.54) is 38.5 Å². The predicted molar refractivity (Wildman–Crippen MR) is 116 cm³/mol. The molecule has 3 aliphatic rings. The molecule has 1 saturated heterocycles. The molecule has 0 spiro atoms.